The van der Waals surface area contributed by atoms with Crippen molar-refractivity contribution < 1.29 is 19.1 Å². The summed E-state index contributed by atoms with van der Waals surface area (Å²) in [5, 5.41) is 0.482. The number of hydrogen-bond acceptors (Lipinski definition) is 6. The maximum Gasteiger partial charge on any atom is 0.232 e. The predicted octanol–water partition coefficient (Wildman–Crippen LogP) is 4.51. The zero-order valence-corrected chi connectivity index (χ0v) is 19.1. The van der Waals surface area contributed by atoms with Crippen molar-refractivity contribution in [1.82, 2.24) is 4.98 Å². The van der Waals surface area contributed by atoms with E-state index in [2.05, 4.69) is 9.88 Å². The molecule has 2 aromatic carbocycles. The molecule has 1 aliphatic heterocycles. The van der Waals surface area contributed by atoms with Gasteiger partial charge in [0, 0.05) is 49.5 Å². The molecule has 1 fully saturated rings. The highest BCUT2D eigenvalue weighted by Crippen LogP contribution is 2.30. The number of halogens is 1. The molecule has 0 bridgehead atoms. The van der Waals surface area contributed by atoms with Crippen molar-refractivity contribution in [3.63, 3.8) is 0 Å². The zero-order valence-electron chi connectivity index (χ0n) is 18.4. The lowest BCUT2D eigenvalue weighted by molar-refractivity contribution is -0.107. The SMILES string of the molecule is COCc1ccc(C(=O)c2ccc(N3CC[C@H](Oc4ncccc4Cl)C3)c(CC=O)c2)cc1. The molecule has 1 aromatic heterocycles. The maximum absolute atomic E-state index is 13.0. The molecule has 0 radical (unpaired) electrons. The smallest absolute Gasteiger partial charge is 0.232 e. The number of ketones is 1. The molecule has 7 heteroatoms. The molecule has 0 spiro atoms. The van der Waals surface area contributed by atoms with Gasteiger partial charge in [0.05, 0.1) is 13.2 Å². The fraction of sp³-hybridized carbons (Fsp3) is 0.269. The van der Waals surface area contributed by atoms with Crippen molar-refractivity contribution >= 4 is 29.4 Å². The number of benzene rings is 2. The fourth-order valence-corrected chi connectivity index (χ4v) is 4.20. The lowest BCUT2D eigenvalue weighted by atomic mass is 9.98. The zero-order chi connectivity index (χ0) is 23.2. The first-order valence-corrected chi connectivity index (χ1v) is 11.2. The molecule has 0 amide bonds. The van der Waals surface area contributed by atoms with Gasteiger partial charge in [-0.2, -0.15) is 0 Å². The normalized spacial score (nSPS) is 15.5. The second-order valence-corrected chi connectivity index (χ2v) is 8.35. The van der Waals surface area contributed by atoms with E-state index in [0.717, 1.165) is 36.1 Å². The average Bonchev–Trinajstić information content (AvgIpc) is 3.29. The number of pyridine rings is 1. The molecule has 3 aromatic rings. The van der Waals surface area contributed by atoms with Gasteiger partial charge >= 0.3 is 0 Å². The van der Waals surface area contributed by atoms with Gasteiger partial charge in [-0.05, 0) is 41.5 Å². The molecule has 0 aliphatic carbocycles. The van der Waals surface area contributed by atoms with Crippen LogP contribution in [0.1, 0.15) is 33.5 Å². The second-order valence-electron chi connectivity index (χ2n) is 7.94. The van der Waals surface area contributed by atoms with Crippen LogP contribution < -0.4 is 9.64 Å². The van der Waals surface area contributed by atoms with E-state index < -0.39 is 0 Å². The molecule has 4 rings (SSSR count). The average molecular weight is 465 g/mol. The van der Waals surface area contributed by atoms with Gasteiger partial charge in [0.25, 0.3) is 0 Å². The quantitative estimate of drug-likeness (QED) is 0.343. The number of carbonyl (C=O) groups is 2. The summed E-state index contributed by atoms with van der Waals surface area (Å²) >= 11 is 6.17. The summed E-state index contributed by atoms with van der Waals surface area (Å²) in [5.41, 5.74) is 3.92. The van der Waals surface area contributed by atoms with Crippen LogP contribution in [0.4, 0.5) is 5.69 Å². The van der Waals surface area contributed by atoms with Crippen LogP contribution in [-0.4, -0.2) is 43.4 Å². The van der Waals surface area contributed by atoms with Gasteiger partial charge in [0.1, 0.15) is 17.4 Å². The van der Waals surface area contributed by atoms with Crippen LogP contribution in [0.25, 0.3) is 0 Å². The van der Waals surface area contributed by atoms with E-state index in [4.69, 9.17) is 21.1 Å². The summed E-state index contributed by atoms with van der Waals surface area (Å²) in [6.07, 6.45) is 3.49. The van der Waals surface area contributed by atoms with E-state index in [-0.39, 0.29) is 18.3 Å². The van der Waals surface area contributed by atoms with E-state index >= 15 is 0 Å². The Balaban J connectivity index is 1.50. The number of hydrogen-bond donors (Lipinski definition) is 0. The molecular weight excluding hydrogens is 440 g/mol. The Bertz CT molecular complexity index is 1130. The predicted molar refractivity (Wildman–Crippen MR) is 127 cm³/mol. The van der Waals surface area contributed by atoms with Crippen molar-refractivity contribution in [3.8, 4) is 5.88 Å². The Morgan fingerprint density at radius 2 is 1.97 bits per heavy atom. The maximum atomic E-state index is 13.0. The molecule has 1 aliphatic rings. The second kappa shape index (κ2) is 10.6. The molecule has 170 valence electrons. The number of aldehydes is 1. The van der Waals surface area contributed by atoms with Gasteiger partial charge in [-0.1, -0.05) is 35.9 Å². The number of methoxy groups -OCH3 is 1. The van der Waals surface area contributed by atoms with Crippen molar-refractivity contribution in [2.45, 2.75) is 25.6 Å². The topological polar surface area (TPSA) is 68.7 Å². The summed E-state index contributed by atoms with van der Waals surface area (Å²) in [6.45, 7) is 1.92. The Morgan fingerprint density at radius 1 is 1.18 bits per heavy atom. The summed E-state index contributed by atoms with van der Waals surface area (Å²) in [7, 11) is 1.64. The monoisotopic (exact) mass is 464 g/mol. The molecule has 1 saturated heterocycles. The Morgan fingerprint density at radius 3 is 2.70 bits per heavy atom. The lowest BCUT2D eigenvalue weighted by Gasteiger charge is -2.22. The number of nitrogens with zero attached hydrogens (tertiary/aromatic N) is 2. The minimum absolute atomic E-state index is 0.0617. The minimum Gasteiger partial charge on any atom is -0.471 e. The molecular formula is C26H25ClN2O4. The Hall–Kier alpha value is -3.22. The van der Waals surface area contributed by atoms with Crippen molar-refractivity contribution in [3.05, 3.63) is 88.1 Å². The molecule has 0 N–H and O–H groups in total. The van der Waals surface area contributed by atoms with Crippen LogP contribution >= 0.6 is 11.6 Å². The van der Waals surface area contributed by atoms with Crippen LogP contribution in [0.15, 0.2) is 60.8 Å². The van der Waals surface area contributed by atoms with Gasteiger partial charge in [-0.3, -0.25) is 4.79 Å². The molecule has 0 unspecified atom stereocenters. The van der Waals surface area contributed by atoms with Crippen LogP contribution in [0.2, 0.25) is 5.02 Å². The van der Waals surface area contributed by atoms with Gasteiger partial charge < -0.3 is 19.2 Å². The summed E-state index contributed by atoms with van der Waals surface area (Å²) in [5.74, 6) is 0.349. The highest BCUT2D eigenvalue weighted by Gasteiger charge is 2.27. The van der Waals surface area contributed by atoms with E-state index in [1.165, 1.54) is 0 Å². The number of aromatic nitrogens is 1. The Labute approximate surface area is 198 Å². The summed E-state index contributed by atoms with van der Waals surface area (Å²) < 4.78 is 11.1. The minimum atomic E-state index is -0.0786. The fourth-order valence-electron chi connectivity index (χ4n) is 4.03. The van der Waals surface area contributed by atoms with Gasteiger partial charge in [-0.15, -0.1) is 0 Å². The summed E-state index contributed by atoms with van der Waals surface area (Å²) in [4.78, 5) is 30.8. The van der Waals surface area contributed by atoms with Crippen LogP contribution in [-0.2, 0) is 22.6 Å². The van der Waals surface area contributed by atoms with E-state index in [1.54, 1.807) is 37.6 Å². The molecule has 33 heavy (non-hydrogen) atoms. The number of carbonyl (C=O) groups excluding carboxylic acids is 2. The first kappa shape index (κ1) is 23.0. The number of rotatable bonds is 9. The molecule has 6 nitrogen and oxygen atoms in total. The highest BCUT2D eigenvalue weighted by atomic mass is 35.5. The molecule has 2 heterocycles. The first-order chi connectivity index (χ1) is 16.1. The molecule has 0 saturated carbocycles. The van der Waals surface area contributed by atoms with Crippen molar-refractivity contribution in [2.24, 2.45) is 0 Å². The Kier molecular flexibility index (Phi) is 7.37. The number of ether oxygens (including phenoxy) is 2. The van der Waals surface area contributed by atoms with Crippen LogP contribution in [0, 0.1) is 0 Å². The summed E-state index contributed by atoms with van der Waals surface area (Å²) in [6, 6.07) is 16.4. The van der Waals surface area contributed by atoms with Crippen molar-refractivity contribution in [1.29, 1.82) is 0 Å². The lowest BCUT2D eigenvalue weighted by Crippen LogP contribution is -2.26. The highest BCUT2D eigenvalue weighted by molar-refractivity contribution is 6.31. The van der Waals surface area contributed by atoms with Gasteiger partial charge in [0.15, 0.2) is 5.78 Å². The third-order valence-corrected chi connectivity index (χ3v) is 5.95. The third-order valence-electron chi connectivity index (χ3n) is 5.66. The first-order valence-electron chi connectivity index (χ1n) is 10.8. The molecule has 1 atom stereocenters. The largest absolute Gasteiger partial charge is 0.471 e. The van der Waals surface area contributed by atoms with E-state index in [1.807, 2.05) is 30.3 Å². The van der Waals surface area contributed by atoms with Crippen LogP contribution in [0.5, 0.6) is 5.88 Å². The van der Waals surface area contributed by atoms with Crippen molar-refractivity contribution in [2.75, 3.05) is 25.1 Å². The number of anilines is 1. The standard InChI is InChI=1S/C26H25ClN2O4/c1-32-17-18-4-6-19(7-5-18)25(31)21-8-9-24(20(15-21)11-14-30)29-13-10-22(16-29)33-26-23(27)3-2-12-28-26/h2-9,12,14-15,22H,10-11,13,16-17H2,1H3/t22-/m0/s1. The van der Waals surface area contributed by atoms with Crippen LogP contribution in [0.3, 0.4) is 0 Å². The van der Waals surface area contributed by atoms with E-state index in [0.29, 0.717) is 35.2 Å². The third kappa shape index (κ3) is 5.41. The van der Waals surface area contributed by atoms with Gasteiger partial charge in [0.2, 0.25) is 5.88 Å². The van der Waals surface area contributed by atoms with Gasteiger partial charge in [-0.25, -0.2) is 4.98 Å². The van der Waals surface area contributed by atoms with E-state index in [9.17, 15) is 9.59 Å².